The molecule has 1 aliphatic heterocycles. The number of sulfonamides is 1. The molecule has 1 aromatic heterocycles. The van der Waals surface area contributed by atoms with Crippen molar-refractivity contribution in [3.8, 4) is 5.75 Å². The van der Waals surface area contributed by atoms with Crippen molar-refractivity contribution in [2.75, 3.05) is 25.5 Å². The van der Waals surface area contributed by atoms with Crippen LogP contribution in [0.5, 0.6) is 5.75 Å². The van der Waals surface area contributed by atoms with Gasteiger partial charge in [0.15, 0.2) is 0 Å². The molecule has 4 rings (SSSR count). The Morgan fingerprint density at radius 1 is 1.16 bits per heavy atom. The molecule has 1 atom stereocenters. The third-order valence-electron chi connectivity index (χ3n) is 5.30. The number of benzene rings is 2. The highest BCUT2D eigenvalue weighted by molar-refractivity contribution is 7.88. The highest BCUT2D eigenvalue weighted by Crippen LogP contribution is 2.31. The predicted molar refractivity (Wildman–Crippen MR) is 123 cm³/mol. The fourth-order valence-corrected chi connectivity index (χ4v) is 6.10. The first kappa shape index (κ1) is 22.4. The molecule has 8 nitrogen and oxygen atoms in total. The van der Waals surface area contributed by atoms with Crippen LogP contribution in [-0.4, -0.2) is 49.0 Å². The Morgan fingerprint density at radius 3 is 2.62 bits per heavy atom. The Bertz CT molecular complexity index is 1160. The molecule has 10 heteroatoms. The molecule has 0 spiro atoms. The van der Waals surface area contributed by atoms with Gasteiger partial charge in [0.25, 0.3) is 5.91 Å². The maximum Gasteiger partial charge on any atom is 0.286 e. The molecule has 2 aromatic carbocycles. The Morgan fingerprint density at radius 2 is 1.91 bits per heavy atom. The van der Waals surface area contributed by atoms with Crippen molar-refractivity contribution in [3.05, 3.63) is 70.2 Å². The highest BCUT2D eigenvalue weighted by Gasteiger charge is 2.32. The number of anilines is 1. The van der Waals surface area contributed by atoms with Gasteiger partial charge in [-0.25, -0.2) is 12.7 Å². The Balaban J connectivity index is 1.41. The number of hydrogen-bond acceptors (Lipinski definition) is 7. The molecule has 0 saturated carbocycles. The molecule has 1 saturated heterocycles. The molecule has 0 unspecified atom stereocenters. The summed E-state index contributed by atoms with van der Waals surface area (Å²) in [6.07, 6.45) is 1.55. The number of ether oxygens (including phenoxy) is 1. The number of nitrogens with zero attached hydrogens (tertiary/aromatic N) is 3. The average Bonchev–Trinajstić information content (AvgIpc) is 3.31. The maximum absolute atomic E-state index is 12.9. The molecular formula is C22H24N4O4S2. The number of aromatic nitrogens is 2. The van der Waals surface area contributed by atoms with E-state index in [1.54, 1.807) is 31.4 Å². The van der Waals surface area contributed by atoms with Crippen LogP contribution in [0.25, 0.3) is 0 Å². The van der Waals surface area contributed by atoms with Crippen molar-refractivity contribution in [2.45, 2.75) is 24.5 Å². The summed E-state index contributed by atoms with van der Waals surface area (Å²) in [5, 5.41) is 12.0. The average molecular weight is 473 g/mol. The number of rotatable bonds is 7. The molecule has 1 aliphatic rings. The number of nitrogens with one attached hydrogen (secondary N) is 1. The second kappa shape index (κ2) is 9.76. The summed E-state index contributed by atoms with van der Waals surface area (Å²) in [6.45, 7) is 0.846. The van der Waals surface area contributed by atoms with Crippen LogP contribution in [0.4, 0.5) is 5.69 Å². The number of methoxy groups -OCH3 is 1. The zero-order chi connectivity index (χ0) is 22.6. The SMILES string of the molecule is COc1ccc(NC(=O)c2nnc([C@H]3CCCN(S(=O)(=O)Cc4ccccc4)C3)s2)cc1. The first-order chi connectivity index (χ1) is 15.4. The number of carbonyl (C=O) groups excluding carboxylic acids is 1. The largest absolute Gasteiger partial charge is 0.497 e. The van der Waals surface area contributed by atoms with Crippen molar-refractivity contribution < 1.29 is 17.9 Å². The summed E-state index contributed by atoms with van der Waals surface area (Å²) in [6, 6.07) is 16.2. The standard InChI is InChI=1S/C22H24N4O4S2/c1-30-19-11-9-18(10-12-19)23-20(27)22-25-24-21(31-22)17-8-5-13-26(14-17)32(28,29)15-16-6-3-2-4-7-16/h2-4,6-7,9-12,17H,5,8,13-15H2,1H3,(H,23,27)/t17-/m0/s1. The quantitative estimate of drug-likeness (QED) is 0.565. The van der Waals surface area contributed by atoms with E-state index in [0.717, 1.165) is 18.4 Å². The number of hydrogen-bond donors (Lipinski definition) is 1. The van der Waals surface area contributed by atoms with E-state index in [9.17, 15) is 13.2 Å². The first-order valence-electron chi connectivity index (χ1n) is 10.2. The van der Waals surface area contributed by atoms with Gasteiger partial charge in [0, 0.05) is 24.7 Å². The lowest BCUT2D eigenvalue weighted by Crippen LogP contribution is -2.39. The second-order valence-electron chi connectivity index (χ2n) is 7.57. The van der Waals surface area contributed by atoms with Crippen LogP contribution in [0.3, 0.4) is 0 Å². The zero-order valence-corrected chi connectivity index (χ0v) is 19.2. The summed E-state index contributed by atoms with van der Waals surface area (Å²) in [5.74, 6) is 0.259. The van der Waals surface area contributed by atoms with E-state index in [1.807, 2.05) is 30.3 Å². The van der Waals surface area contributed by atoms with Gasteiger partial charge < -0.3 is 10.1 Å². The third kappa shape index (κ3) is 5.32. The van der Waals surface area contributed by atoms with Crippen LogP contribution in [0, 0.1) is 0 Å². The van der Waals surface area contributed by atoms with Crippen LogP contribution < -0.4 is 10.1 Å². The van der Waals surface area contributed by atoms with Gasteiger partial charge in [-0.2, -0.15) is 0 Å². The van der Waals surface area contributed by atoms with Gasteiger partial charge in [-0.15, -0.1) is 10.2 Å². The lowest BCUT2D eigenvalue weighted by molar-refractivity contribution is 0.102. The minimum absolute atomic E-state index is 0.0216. The molecule has 3 aromatic rings. The zero-order valence-electron chi connectivity index (χ0n) is 17.6. The summed E-state index contributed by atoms with van der Waals surface area (Å²) in [7, 11) is -1.85. The molecule has 0 aliphatic carbocycles. The van der Waals surface area contributed by atoms with E-state index in [-0.39, 0.29) is 22.6 Å². The fourth-order valence-electron chi connectivity index (χ4n) is 3.62. The number of piperidine rings is 1. The normalized spacial score (nSPS) is 17.1. The molecule has 0 radical (unpaired) electrons. The Hall–Kier alpha value is -2.82. The molecule has 1 N–H and O–H groups in total. The van der Waals surface area contributed by atoms with Gasteiger partial charge in [-0.1, -0.05) is 41.7 Å². The Kier molecular flexibility index (Phi) is 6.83. The van der Waals surface area contributed by atoms with Crippen LogP contribution in [0.15, 0.2) is 54.6 Å². The van der Waals surface area contributed by atoms with Gasteiger partial charge in [0.05, 0.1) is 12.9 Å². The van der Waals surface area contributed by atoms with E-state index in [0.29, 0.717) is 29.5 Å². The van der Waals surface area contributed by atoms with Crippen LogP contribution in [0.1, 0.15) is 39.1 Å². The third-order valence-corrected chi connectivity index (χ3v) is 8.20. The predicted octanol–water partition coefficient (Wildman–Crippen LogP) is 3.51. The van der Waals surface area contributed by atoms with Crippen molar-refractivity contribution in [1.82, 2.24) is 14.5 Å². The minimum Gasteiger partial charge on any atom is -0.497 e. The molecular weight excluding hydrogens is 448 g/mol. The van der Waals surface area contributed by atoms with Crippen molar-refractivity contribution >= 4 is 33.0 Å². The van der Waals surface area contributed by atoms with E-state index in [4.69, 9.17) is 4.74 Å². The topological polar surface area (TPSA) is 101 Å². The summed E-state index contributed by atoms with van der Waals surface area (Å²) in [5.41, 5.74) is 1.39. The van der Waals surface area contributed by atoms with E-state index in [2.05, 4.69) is 15.5 Å². The molecule has 0 bridgehead atoms. The van der Waals surface area contributed by atoms with Crippen molar-refractivity contribution in [1.29, 1.82) is 0 Å². The van der Waals surface area contributed by atoms with E-state index in [1.165, 1.54) is 15.6 Å². The van der Waals surface area contributed by atoms with Gasteiger partial charge in [-0.05, 0) is 42.7 Å². The van der Waals surface area contributed by atoms with Crippen molar-refractivity contribution in [2.24, 2.45) is 0 Å². The molecule has 1 amide bonds. The monoisotopic (exact) mass is 472 g/mol. The van der Waals surface area contributed by atoms with Crippen LogP contribution in [-0.2, 0) is 15.8 Å². The molecule has 32 heavy (non-hydrogen) atoms. The van der Waals surface area contributed by atoms with E-state index < -0.39 is 10.0 Å². The van der Waals surface area contributed by atoms with Gasteiger partial charge in [0.1, 0.15) is 10.8 Å². The first-order valence-corrected chi connectivity index (χ1v) is 12.7. The molecule has 2 heterocycles. The van der Waals surface area contributed by atoms with Crippen LogP contribution >= 0.6 is 11.3 Å². The lowest BCUT2D eigenvalue weighted by atomic mass is 10.0. The maximum atomic E-state index is 12.9. The van der Waals surface area contributed by atoms with Gasteiger partial charge in [-0.3, -0.25) is 4.79 Å². The number of amides is 1. The summed E-state index contributed by atoms with van der Waals surface area (Å²) >= 11 is 1.21. The molecule has 1 fully saturated rings. The van der Waals surface area contributed by atoms with Crippen LogP contribution in [0.2, 0.25) is 0 Å². The summed E-state index contributed by atoms with van der Waals surface area (Å²) in [4.78, 5) is 12.6. The minimum atomic E-state index is -3.43. The Labute approximate surface area is 191 Å². The van der Waals surface area contributed by atoms with Gasteiger partial charge >= 0.3 is 0 Å². The fraction of sp³-hybridized carbons (Fsp3) is 0.318. The lowest BCUT2D eigenvalue weighted by Gasteiger charge is -2.30. The smallest absolute Gasteiger partial charge is 0.286 e. The van der Waals surface area contributed by atoms with Crippen molar-refractivity contribution in [3.63, 3.8) is 0 Å². The van der Waals surface area contributed by atoms with E-state index >= 15 is 0 Å². The number of carbonyl (C=O) groups is 1. The van der Waals surface area contributed by atoms with Gasteiger partial charge in [0.2, 0.25) is 15.0 Å². The summed E-state index contributed by atoms with van der Waals surface area (Å²) < 4.78 is 32.5. The molecule has 168 valence electrons. The highest BCUT2D eigenvalue weighted by atomic mass is 32.2. The second-order valence-corrected chi connectivity index (χ2v) is 10.5.